The molecule has 5 aromatic rings. The monoisotopic (exact) mass is 882 g/mol. The number of aromatic nitrogens is 1. The number of carbonyl (C=O) groups is 5. The molecular formula is C43H47F5N8O5S. The van der Waals surface area contributed by atoms with Gasteiger partial charge in [0, 0.05) is 57.4 Å². The molecule has 4 atom stereocenters. The van der Waals surface area contributed by atoms with Gasteiger partial charge in [0.15, 0.2) is 23.3 Å². The Balaban J connectivity index is 1.34. The Labute approximate surface area is 356 Å². The van der Waals surface area contributed by atoms with Crippen molar-refractivity contribution in [3.05, 3.63) is 106 Å². The first-order valence-electron chi connectivity index (χ1n) is 20.2. The average Bonchev–Trinajstić information content (AvgIpc) is 3.88. The van der Waals surface area contributed by atoms with Crippen molar-refractivity contribution < 1.29 is 45.9 Å². The number of carbonyl (C=O) groups excluding carboxylic acids is 5. The van der Waals surface area contributed by atoms with Crippen molar-refractivity contribution in [2.75, 3.05) is 19.6 Å². The summed E-state index contributed by atoms with van der Waals surface area (Å²) in [6.07, 6.45) is 1.91. The highest BCUT2D eigenvalue weighted by Gasteiger charge is 2.35. The number of H-pyrrole nitrogens is 1. The normalized spacial score (nSPS) is 15.1. The van der Waals surface area contributed by atoms with Crippen molar-refractivity contribution in [3.63, 3.8) is 0 Å². The molecule has 0 bridgehead atoms. The molecular weight excluding hydrogens is 836 g/mol. The fourth-order valence-corrected chi connectivity index (χ4v) is 8.60. The number of nitrogens with one attached hydrogen (secondary N) is 6. The average molecular weight is 883 g/mol. The van der Waals surface area contributed by atoms with Crippen LogP contribution >= 0.6 is 11.3 Å². The zero-order chi connectivity index (χ0) is 44.5. The van der Waals surface area contributed by atoms with Crippen LogP contribution in [0.5, 0.6) is 0 Å². The van der Waals surface area contributed by atoms with Gasteiger partial charge in [0.05, 0.1) is 0 Å². The first kappa shape index (κ1) is 45.6. The first-order valence-corrected chi connectivity index (χ1v) is 21.0. The van der Waals surface area contributed by atoms with Gasteiger partial charge in [-0.2, -0.15) is 0 Å². The van der Waals surface area contributed by atoms with E-state index in [2.05, 4.69) is 31.6 Å². The lowest BCUT2D eigenvalue weighted by Crippen LogP contribution is -2.59. The minimum atomic E-state index is -2.43. The molecule has 3 aromatic carbocycles. The number of nitrogens with two attached hydrogens (primary N) is 2. The van der Waals surface area contributed by atoms with E-state index in [1.165, 1.54) is 11.3 Å². The summed E-state index contributed by atoms with van der Waals surface area (Å²) in [6, 6.07) is 10.3. The van der Waals surface area contributed by atoms with Crippen LogP contribution in [0.3, 0.4) is 0 Å². The highest BCUT2D eigenvalue weighted by atomic mass is 32.1. The molecule has 19 heteroatoms. The van der Waals surface area contributed by atoms with Crippen LogP contribution < -0.4 is 38.1 Å². The largest absolute Gasteiger partial charge is 0.368 e. The van der Waals surface area contributed by atoms with Gasteiger partial charge < -0.3 is 43.0 Å². The number of unbranched alkanes of at least 4 members (excludes halogenated alkanes) is 1. The number of hydrogen-bond acceptors (Lipinski definition) is 8. The fourth-order valence-electron chi connectivity index (χ4n) is 7.49. The Morgan fingerprint density at radius 3 is 1.94 bits per heavy atom. The molecule has 2 aromatic heterocycles. The molecule has 1 fully saturated rings. The van der Waals surface area contributed by atoms with Crippen LogP contribution in [0.25, 0.3) is 21.0 Å². The van der Waals surface area contributed by atoms with Gasteiger partial charge in [0.2, 0.25) is 35.4 Å². The Hall–Kier alpha value is -5.92. The predicted octanol–water partition coefficient (Wildman–Crippen LogP) is 3.66. The van der Waals surface area contributed by atoms with E-state index < -0.39 is 88.9 Å². The van der Waals surface area contributed by atoms with E-state index in [-0.39, 0.29) is 37.6 Å². The number of thiophene rings is 1. The molecule has 13 nitrogen and oxygen atoms in total. The minimum Gasteiger partial charge on any atom is -0.368 e. The van der Waals surface area contributed by atoms with E-state index in [0.717, 1.165) is 15.0 Å². The Kier molecular flexibility index (Phi) is 15.3. The van der Waals surface area contributed by atoms with Crippen molar-refractivity contribution in [2.45, 2.75) is 75.5 Å². The lowest BCUT2D eigenvalue weighted by molar-refractivity contribution is -0.135. The maximum atomic E-state index is 15.1. The second-order valence-corrected chi connectivity index (χ2v) is 16.4. The third-order valence-corrected chi connectivity index (χ3v) is 12.0. The van der Waals surface area contributed by atoms with Gasteiger partial charge in [-0.3, -0.25) is 24.0 Å². The van der Waals surface area contributed by atoms with Crippen LogP contribution in [0.2, 0.25) is 0 Å². The Morgan fingerprint density at radius 1 is 0.710 bits per heavy atom. The molecule has 0 saturated carbocycles. The number of halogens is 5. The molecule has 62 heavy (non-hydrogen) atoms. The lowest BCUT2D eigenvalue weighted by Gasteiger charge is -2.28. The maximum absolute atomic E-state index is 15.1. The molecule has 1 aliphatic rings. The van der Waals surface area contributed by atoms with E-state index in [0.29, 0.717) is 55.2 Å². The number of rotatable bonds is 19. The van der Waals surface area contributed by atoms with Crippen molar-refractivity contribution in [2.24, 2.45) is 17.4 Å². The van der Waals surface area contributed by atoms with E-state index >= 15 is 8.78 Å². The van der Waals surface area contributed by atoms with Gasteiger partial charge in [-0.15, -0.1) is 11.3 Å². The van der Waals surface area contributed by atoms with Crippen molar-refractivity contribution >= 4 is 61.9 Å². The molecule has 10 N–H and O–H groups in total. The minimum absolute atomic E-state index is 0.0228. The van der Waals surface area contributed by atoms with Crippen LogP contribution in [0.15, 0.2) is 60.8 Å². The van der Waals surface area contributed by atoms with Crippen molar-refractivity contribution in [1.82, 2.24) is 31.6 Å². The summed E-state index contributed by atoms with van der Waals surface area (Å²) < 4.78 is 74.1. The van der Waals surface area contributed by atoms with E-state index in [1.54, 1.807) is 30.5 Å². The lowest BCUT2D eigenvalue weighted by atomic mass is 9.96. The van der Waals surface area contributed by atoms with Crippen LogP contribution in [0.1, 0.15) is 48.1 Å². The molecule has 0 radical (unpaired) electrons. The number of benzene rings is 3. The molecule has 1 aliphatic heterocycles. The molecule has 1 unspecified atom stereocenters. The predicted molar refractivity (Wildman–Crippen MR) is 223 cm³/mol. The second kappa shape index (κ2) is 20.8. The molecule has 5 amide bonds. The van der Waals surface area contributed by atoms with Gasteiger partial charge in [-0.1, -0.05) is 36.4 Å². The van der Waals surface area contributed by atoms with Gasteiger partial charge >= 0.3 is 0 Å². The molecule has 0 spiro atoms. The molecule has 1 saturated heterocycles. The van der Waals surface area contributed by atoms with Crippen LogP contribution in [-0.4, -0.2) is 78.3 Å². The van der Waals surface area contributed by atoms with Crippen molar-refractivity contribution in [3.8, 4) is 0 Å². The number of aromatic amines is 1. The van der Waals surface area contributed by atoms with E-state index in [4.69, 9.17) is 11.5 Å². The number of fused-ring (bicyclic) bond motifs is 2. The summed E-state index contributed by atoms with van der Waals surface area (Å²) in [5.41, 5.74) is 10.9. The van der Waals surface area contributed by atoms with Gasteiger partial charge in [-0.25, -0.2) is 22.0 Å². The highest BCUT2D eigenvalue weighted by molar-refractivity contribution is 7.19. The molecule has 6 rings (SSSR count). The van der Waals surface area contributed by atoms with E-state index in [1.807, 2.05) is 30.3 Å². The zero-order valence-electron chi connectivity index (χ0n) is 33.4. The third kappa shape index (κ3) is 10.9. The molecule has 330 valence electrons. The topological polar surface area (TPSA) is 213 Å². The SMILES string of the molecule is NCCCCC(NC(=O)[C@H](Cc1c(F)c(F)c(F)c(F)c1F)NC(=O)[C@@H](Cc1c[nH]c2ccccc12)NC(=O)[C@@H](Cc1cc2ccccc2s1)NC(=O)C1CCNCC1)C(N)=O. The van der Waals surface area contributed by atoms with Gasteiger partial charge in [-0.05, 0) is 80.9 Å². The van der Waals surface area contributed by atoms with Crippen molar-refractivity contribution in [1.29, 1.82) is 0 Å². The third-order valence-electron chi connectivity index (χ3n) is 10.9. The number of primary amides is 1. The molecule has 0 aliphatic carbocycles. The quantitative estimate of drug-likeness (QED) is 0.0267. The Morgan fingerprint density at radius 2 is 1.29 bits per heavy atom. The number of amides is 5. The Bertz CT molecular complexity index is 2380. The highest BCUT2D eigenvalue weighted by Crippen LogP contribution is 2.28. The van der Waals surface area contributed by atoms with Crippen LogP contribution in [-0.2, 0) is 43.2 Å². The van der Waals surface area contributed by atoms with Gasteiger partial charge in [0.25, 0.3) is 0 Å². The number of para-hydroxylation sites is 1. The number of piperidine rings is 1. The molecule has 3 heterocycles. The smallest absolute Gasteiger partial charge is 0.243 e. The summed E-state index contributed by atoms with van der Waals surface area (Å²) in [5, 5.41) is 15.0. The van der Waals surface area contributed by atoms with Crippen LogP contribution in [0, 0.1) is 35.0 Å². The first-order chi connectivity index (χ1) is 29.7. The second-order valence-electron chi connectivity index (χ2n) is 15.2. The fraction of sp³-hybridized carbons (Fsp3) is 0.372. The summed E-state index contributed by atoms with van der Waals surface area (Å²) in [7, 11) is 0. The van der Waals surface area contributed by atoms with E-state index in [9.17, 15) is 37.1 Å². The summed E-state index contributed by atoms with van der Waals surface area (Å²) in [4.78, 5) is 72.6. The summed E-state index contributed by atoms with van der Waals surface area (Å²) >= 11 is 1.42. The maximum Gasteiger partial charge on any atom is 0.243 e. The summed E-state index contributed by atoms with van der Waals surface area (Å²) in [6.45, 7) is 1.45. The van der Waals surface area contributed by atoms with Gasteiger partial charge in [0.1, 0.15) is 24.2 Å². The number of hydrogen-bond donors (Lipinski definition) is 8. The zero-order valence-corrected chi connectivity index (χ0v) is 34.2. The summed E-state index contributed by atoms with van der Waals surface area (Å²) in [5.74, 6) is -16.3. The standard InChI is InChI=1S/C43H47F5N8O5S/c44-34-27(35(45)37(47)38(48)36(34)46)20-32(43(61)53-29(39(50)57)10-5-6-14-49)56-41(59)30(18-24-21-52-28-9-3-2-8-26(24)28)55-42(60)31(54-40(58)22-12-15-51-16-13-22)19-25-17-23-7-1-4-11-33(23)62-25/h1-4,7-9,11,17,21-22,29-32,51-52H,5-6,10,12-16,18-20,49H2,(H2,50,57)(H,53,61)(H,54,58)(H,55,60)(H,56,59)/t29?,30-,31-,32+/m1/s1. The van der Waals surface area contributed by atoms with Crippen LogP contribution in [0.4, 0.5) is 22.0 Å².